The van der Waals surface area contributed by atoms with Crippen LogP contribution in [0.3, 0.4) is 0 Å². The Balaban J connectivity index is 1.67. The predicted octanol–water partition coefficient (Wildman–Crippen LogP) is 2.79. The predicted molar refractivity (Wildman–Crippen MR) is 166 cm³/mol. The molecule has 11 heteroatoms. The monoisotopic (exact) mass is 601 g/mol. The minimum Gasteiger partial charge on any atom is -0.508 e. The Hall–Kier alpha value is -5.03. The van der Waals surface area contributed by atoms with Gasteiger partial charge in [0, 0.05) is 31.6 Å². The Bertz CT molecular complexity index is 1430. The number of amides is 4. The maximum Gasteiger partial charge on any atom is 0.316 e. The first kappa shape index (κ1) is 31.9. The molecule has 1 heterocycles. The largest absolute Gasteiger partial charge is 0.508 e. The first-order valence-corrected chi connectivity index (χ1v) is 14.3. The zero-order valence-electron chi connectivity index (χ0n) is 25.0. The lowest BCUT2D eigenvalue weighted by Crippen LogP contribution is -2.69. The van der Waals surface area contributed by atoms with E-state index in [1.165, 1.54) is 24.1 Å². The SMILES string of the molecule is C=CCNCC(=O)N1[C@@H](NC(=O)NCc2ccccc2)CN(Cc2cccc(OC)c2OC)C(=O)[C@@H]1Cc1ccc(O)cc1. The Morgan fingerprint density at radius 1 is 1.00 bits per heavy atom. The molecule has 2 atom stereocenters. The molecule has 0 unspecified atom stereocenters. The summed E-state index contributed by atoms with van der Waals surface area (Å²) < 4.78 is 11.1. The molecule has 0 saturated carbocycles. The highest BCUT2D eigenvalue weighted by molar-refractivity contribution is 5.91. The van der Waals surface area contributed by atoms with Gasteiger partial charge in [0.15, 0.2) is 11.5 Å². The summed E-state index contributed by atoms with van der Waals surface area (Å²) in [6.45, 7) is 4.51. The fourth-order valence-electron chi connectivity index (χ4n) is 5.22. The van der Waals surface area contributed by atoms with E-state index >= 15 is 0 Å². The zero-order chi connectivity index (χ0) is 31.5. The molecule has 4 amide bonds. The summed E-state index contributed by atoms with van der Waals surface area (Å²) in [5, 5.41) is 18.6. The van der Waals surface area contributed by atoms with Crippen LogP contribution < -0.4 is 25.4 Å². The molecule has 4 N–H and O–H groups in total. The van der Waals surface area contributed by atoms with Gasteiger partial charge in [0.2, 0.25) is 11.8 Å². The second kappa shape index (κ2) is 15.4. The molecule has 0 spiro atoms. The number of nitrogens with one attached hydrogen (secondary N) is 3. The first-order valence-electron chi connectivity index (χ1n) is 14.3. The van der Waals surface area contributed by atoms with Gasteiger partial charge < -0.3 is 40.3 Å². The van der Waals surface area contributed by atoms with E-state index in [1.807, 2.05) is 42.5 Å². The Morgan fingerprint density at radius 2 is 1.75 bits per heavy atom. The van der Waals surface area contributed by atoms with Crippen LogP contribution in [0.25, 0.3) is 0 Å². The van der Waals surface area contributed by atoms with Crippen LogP contribution in [0, 0.1) is 0 Å². The second-order valence-electron chi connectivity index (χ2n) is 10.3. The molecular weight excluding hydrogens is 562 g/mol. The molecule has 0 aliphatic carbocycles. The van der Waals surface area contributed by atoms with E-state index in [0.717, 1.165) is 11.1 Å². The highest BCUT2D eigenvalue weighted by Crippen LogP contribution is 2.33. The molecule has 11 nitrogen and oxygen atoms in total. The fourth-order valence-corrected chi connectivity index (χ4v) is 5.22. The van der Waals surface area contributed by atoms with Crippen molar-refractivity contribution in [2.75, 3.05) is 33.9 Å². The van der Waals surface area contributed by atoms with Gasteiger partial charge in [0.1, 0.15) is 18.0 Å². The van der Waals surface area contributed by atoms with Crippen molar-refractivity contribution in [1.82, 2.24) is 25.8 Å². The molecule has 0 aromatic heterocycles. The molecule has 44 heavy (non-hydrogen) atoms. The van der Waals surface area contributed by atoms with Crippen LogP contribution in [0.15, 0.2) is 85.5 Å². The van der Waals surface area contributed by atoms with Gasteiger partial charge in [0.05, 0.1) is 27.3 Å². The van der Waals surface area contributed by atoms with E-state index in [2.05, 4.69) is 22.5 Å². The molecule has 1 saturated heterocycles. The summed E-state index contributed by atoms with van der Waals surface area (Å²) in [5.74, 6) is 0.468. The van der Waals surface area contributed by atoms with Crippen LogP contribution >= 0.6 is 0 Å². The maximum absolute atomic E-state index is 14.2. The van der Waals surface area contributed by atoms with Gasteiger partial charge >= 0.3 is 6.03 Å². The van der Waals surface area contributed by atoms with Crippen molar-refractivity contribution in [2.45, 2.75) is 31.7 Å². The molecule has 232 valence electrons. The van der Waals surface area contributed by atoms with E-state index in [0.29, 0.717) is 23.6 Å². The summed E-state index contributed by atoms with van der Waals surface area (Å²) in [7, 11) is 3.07. The van der Waals surface area contributed by atoms with Crippen molar-refractivity contribution in [3.8, 4) is 17.2 Å². The summed E-state index contributed by atoms with van der Waals surface area (Å²) in [5.41, 5.74) is 2.37. The van der Waals surface area contributed by atoms with Crippen LogP contribution in [-0.4, -0.2) is 78.8 Å². The number of urea groups is 1. The molecule has 4 rings (SSSR count). The normalized spacial score (nSPS) is 16.3. The number of para-hydroxylation sites is 1. The number of hydrogen-bond acceptors (Lipinski definition) is 7. The van der Waals surface area contributed by atoms with Crippen LogP contribution in [-0.2, 0) is 29.1 Å². The third kappa shape index (κ3) is 8.07. The van der Waals surface area contributed by atoms with Gasteiger partial charge in [-0.3, -0.25) is 9.59 Å². The van der Waals surface area contributed by atoms with E-state index < -0.39 is 18.2 Å². The van der Waals surface area contributed by atoms with Crippen LogP contribution in [0.5, 0.6) is 17.2 Å². The minimum absolute atomic E-state index is 0.0389. The number of phenols is 1. The molecule has 3 aromatic carbocycles. The molecular formula is C33H39N5O6. The molecule has 3 aromatic rings. The molecule has 0 radical (unpaired) electrons. The Labute approximate surface area is 257 Å². The summed E-state index contributed by atoms with van der Waals surface area (Å²) in [6.07, 6.45) is 0.959. The van der Waals surface area contributed by atoms with Crippen molar-refractivity contribution >= 4 is 17.8 Å². The Morgan fingerprint density at radius 3 is 2.43 bits per heavy atom. The number of carbonyl (C=O) groups excluding carboxylic acids is 3. The lowest BCUT2D eigenvalue weighted by molar-refractivity contribution is -0.157. The zero-order valence-corrected chi connectivity index (χ0v) is 25.0. The standard InChI is InChI=1S/C33H39N5O6/c1-4-17-34-20-30(40)38-27(18-23-13-15-26(39)16-14-23)32(41)37(21-25-11-8-12-28(43-2)31(25)44-3)22-29(38)36-33(42)35-19-24-9-6-5-7-10-24/h4-16,27,29,34,39H,1,17-22H2,2-3H3,(H2,35,36,42)/t27-,29+/m0/s1. The number of methoxy groups -OCH3 is 2. The number of piperazine rings is 1. The molecule has 1 aliphatic rings. The number of hydrogen-bond donors (Lipinski definition) is 4. The van der Waals surface area contributed by atoms with Crippen molar-refractivity contribution in [1.29, 1.82) is 0 Å². The van der Waals surface area contributed by atoms with E-state index in [4.69, 9.17) is 9.47 Å². The van der Waals surface area contributed by atoms with E-state index in [9.17, 15) is 19.5 Å². The molecule has 1 fully saturated rings. The number of carbonyl (C=O) groups is 3. The van der Waals surface area contributed by atoms with E-state index in [1.54, 1.807) is 36.3 Å². The Kier molecular flexibility index (Phi) is 11.2. The van der Waals surface area contributed by atoms with Gasteiger partial charge in [-0.1, -0.05) is 60.7 Å². The second-order valence-corrected chi connectivity index (χ2v) is 10.3. The first-order chi connectivity index (χ1) is 21.3. The van der Waals surface area contributed by atoms with Crippen LogP contribution in [0.4, 0.5) is 4.79 Å². The van der Waals surface area contributed by atoms with Crippen molar-refractivity contribution < 1.29 is 29.0 Å². The average molecular weight is 602 g/mol. The minimum atomic E-state index is -0.942. The van der Waals surface area contributed by atoms with Crippen molar-refractivity contribution in [3.63, 3.8) is 0 Å². The third-order valence-corrected chi connectivity index (χ3v) is 7.32. The molecule has 0 bridgehead atoms. The number of ether oxygens (including phenoxy) is 2. The smallest absolute Gasteiger partial charge is 0.316 e. The quantitative estimate of drug-likeness (QED) is 0.175. The highest BCUT2D eigenvalue weighted by Gasteiger charge is 2.44. The molecule has 1 aliphatic heterocycles. The van der Waals surface area contributed by atoms with Crippen LogP contribution in [0.1, 0.15) is 16.7 Å². The average Bonchev–Trinajstić information content (AvgIpc) is 3.03. The van der Waals surface area contributed by atoms with Gasteiger partial charge in [-0.05, 0) is 29.3 Å². The number of phenolic OH excluding ortho intramolecular Hbond substituents is 1. The van der Waals surface area contributed by atoms with Crippen LogP contribution in [0.2, 0.25) is 0 Å². The highest BCUT2D eigenvalue weighted by atomic mass is 16.5. The van der Waals surface area contributed by atoms with Gasteiger partial charge in [0.25, 0.3) is 0 Å². The number of aromatic hydroxyl groups is 1. The van der Waals surface area contributed by atoms with Crippen molar-refractivity contribution in [3.05, 3.63) is 102 Å². The number of benzene rings is 3. The fraction of sp³-hybridized carbons (Fsp3) is 0.303. The topological polar surface area (TPSA) is 132 Å². The third-order valence-electron chi connectivity index (χ3n) is 7.32. The van der Waals surface area contributed by atoms with Gasteiger partial charge in [-0.15, -0.1) is 6.58 Å². The summed E-state index contributed by atoms with van der Waals surface area (Å²) in [4.78, 5) is 44.1. The number of rotatable bonds is 13. The lowest BCUT2D eigenvalue weighted by atomic mass is 9.99. The van der Waals surface area contributed by atoms with E-state index in [-0.39, 0.29) is 50.2 Å². The summed E-state index contributed by atoms with van der Waals surface area (Å²) in [6, 6.07) is 20.0. The summed E-state index contributed by atoms with van der Waals surface area (Å²) >= 11 is 0. The lowest BCUT2D eigenvalue weighted by Gasteiger charge is -2.46. The van der Waals surface area contributed by atoms with Gasteiger partial charge in [-0.25, -0.2) is 4.79 Å². The number of nitrogens with zero attached hydrogens (tertiary/aromatic N) is 2. The van der Waals surface area contributed by atoms with Gasteiger partial charge in [-0.2, -0.15) is 0 Å². The van der Waals surface area contributed by atoms with Crippen molar-refractivity contribution in [2.24, 2.45) is 0 Å². The maximum atomic E-state index is 14.2.